The number of morpholine rings is 1. The highest BCUT2D eigenvalue weighted by Gasteiger charge is 2.32. The molecule has 2 saturated heterocycles. The number of para-hydroxylation sites is 1. The van der Waals surface area contributed by atoms with Gasteiger partial charge in [-0.1, -0.05) is 18.2 Å². The van der Waals surface area contributed by atoms with E-state index in [4.69, 9.17) is 9.47 Å². The molecule has 0 unspecified atom stereocenters. The van der Waals surface area contributed by atoms with Crippen molar-refractivity contribution in [3.63, 3.8) is 0 Å². The number of hydrogen-bond donors (Lipinski definition) is 0. The molecular formula is C19H28N2O3. The van der Waals surface area contributed by atoms with Crippen molar-refractivity contribution in [2.24, 2.45) is 0 Å². The average molecular weight is 332 g/mol. The van der Waals surface area contributed by atoms with Crippen LogP contribution in [0.1, 0.15) is 26.7 Å². The zero-order valence-electron chi connectivity index (χ0n) is 14.7. The predicted molar refractivity (Wildman–Crippen MR) is 93.1 cm³/mol. The van der Waals surface area contributed by atoms with E-state index < -0.39 is 0 Å². The molecule has 2 aliphatic rings. The molecule has 0 saturated carbocycles. The number of benzene rings is 1. The van der Waals surface area contributed by atoms with Gasteiger partial charge >= 0.3 is 0 Å². The molecule has 0 N–H and O–H groups in total. The number of amides is 1. The molecule has 1 amide bonds. The normalized spacial score (nSPS) is 28.1. The maximum atomic E-state index is 12.6. The molecule has 0 radical (unpaired) electrons. The van der Waals surface area contributed by atoms with Crippen LogP contribution >= 0.6 is 0 Å². The van der Waals surface area contributed by atoms with Gasteiger partial charge in [-0.15, -0.1) is 0 Å². The Morgan fingerprint density at radius 3 is 2.62 bits per heavy atom. The maximum absolute atomic E-state index is 12.6. The maximum Gasteiger partial charge on any atom is 0.260 e. The van der Waals surface area contributed by atoms with Crippen LogP contribution in [0.15, 0.2) is 30.3 Å². The topological polar surface area (TPSA) is 42.0 Å². The van der Waals surface area contributed by atoms with Gasteiger partial charge in [-0.25, -0.2) is 0 Å². The highest BCUT2D eigenvalue weighted by molar-refractivity contribution is 5.78. The number of hydrogen-bond acceptors (Lipinski definition) is 4. The van der Waals surface area contributed by atoms with Gasteiger partial charge < -0.3 is 14.4 Å². The summed E-state index contributed by atoms with van der Waals surface area (Å²) in [6.45, 7) is 8.04. The first-order valence-electron chi connectivity index (χ1n) is 8.97. The molecule has 5 nitrogen and oxygen atoms in total. The van der Waals surface area contributed by atoms with Gasteiger partial charge in [0.1, 0.15) is 5.75 Å². The van der Waals surface area contributed by atoms with E-state index in [2.05, 4.69) is 18.7 Å². The lowest BCUT2D eigenvalue weighted by Gasteiger charge is -2.38. The Morgan fingerprint density at radius 2 is 1.92 bits per heavy atom. The van der Waals surface area contributed by atoms with Crippen molar-refractivity contribution >= 4 is 5.91 Å². The Labute approximate surface area is 144 Å². The minimum absolute atomic E-state index is 0.0932. The molecular weight excluding hydrogens is 304 g/mol. The number of carbonyl (C=O) groups excluding carboxylic acids is 1. The summed E-state index contributed by atoms with van der Waals surface area (Å²) in [7, 11) is 0. The van der Waals surface area contributed by atoms with Crippen molar-refractivity contribution in [2.45, 2.75) is 44.9 Å². The average Bonchev–Trinajstić information content (AvgIpc) is 3.01. The summed E-state index contributed by atoms with van der Waals surface area (Å²) in [5.74, 6) is 0.841. The summed E-state index contributed by atoms with van der Waals surface area (Å²) in [6, 6.07) is 9.83. The van der Waals surface area contributed by atoms with Gasteiger partial charge in [0.15, 0.2) is 6.61 Å². The SMILES string of the molecule is C[C@@H]1CN(C[C@@H]2CCCN2C(=O)COc2ccccc2)C[C@H](C)O1. The molecule has 1 aromatic rings. The van der Waals surface area contributed by atoms with E-state index in [0.29, 0.717) is 6.04 Å². The van der Waals surface area contributed by atoms with E-state index >= 15 is 0 Å². The van der Waals surface area contributed by atoms with Crippen molar-refractivity contribution in [3.05, 3.63) is 30.3 Å². The lowest BCUT2D eigenvalue weighted by Crippen LogP contribution is -2.51. The van der Waals surface area contributed by atoms with Gasteiger partial charge in [0.05, 0.1) is 12.2 Å². The smallest absolute Gasteiger partial charge is 0.260 e. The van der Waals surface area contributed by atoms with Gasteiger partial charge in [-0.05, 0) is 38.8 Å². The van der Waals surface area contributed by atoms with E-state index in [1.807, 2.05) is 35.2 Å². The van der Waals surface area contributed by atoms with Gasteiger partial charge in [0, 0.05) is 32.2 Å². The molecule has 3 atom stereocenters. The van der Waals surface area contributed by atoms with Gasteiger partial charge in [-0.2, -0.15) is 0 Å². The van der Waals surface area contributed by atoms with E-state index in [-0.39, 0.29) is 24.7 Å². The lowest BCUT2D eigenvalue weighted by atomic mass is 10.1. The lowest BCUT2D eigenvalue weighted by molar-refractivity contribution is -0.135. The van der Waals surface area contributed by atoms with Crippen molar-refractivity contribution in [3.8, 4) is 5.75 Å². The minimum Gasteiger partial charge on any atom is -0.484 e. The van der Waals surface area contributed by atoms with Crippen molar-refractivity contribution in [1.82, 2.24) is 9.80 Å². The number of ether oxygens (including phenoxy) is 2. The van der Waals surface area contributed by atoms with Crippen LogP contribution in [0.25, 0.3) is 0 Å². The molecule has 3 rings (SSSR count). The zero-order valence-corrected chi connectivity index (χ0v) is 14.7. The molecule has 5 heteroatoms. The van der Waals surface area contributed by atoms with Crippen molar-refractivity contribution in [1.29, 1.82) is 0 Å². The quantitative estimate of drug-likeness (QED) is 0.829. The number of likely N-dealkylation sites (tertiary alicyclic amines) is 1. The first kappa shape index (κ1) is 17.2. The Hall–Kier alpha value is -1.59. The van der Waals surface area contributed by atoms with Gasteiger partial charge in [0.2, 0.25) is 0 Å². The number of carbonyl (C=O) groups is 1. The molecule has 0 aliphatic carbocycles. The van der Waals surface area contributed by atoms with Crippen molar-refractivity contribution < 1.29 is 14.3 Å². The molecule has 2 aliphatic heterocycles. The fourth-order valence-corrected chi connectivity index (χ4v) is 3.83. The van der Waals surface area contributed by atoms with Gasteiger partial charge in [0.25, 0.3) is 5.91 Å². The molecule has 2 heterocycles. The van der Waals surface area contributed by atoms with E-state index in [1.54, 1.807) is 0 Å². The summed E-state index contributed by atoms with van der Waals surface area (Å²) >= 11 is 0. The van der Waals surface area contributed by atoms with Crippen LogP contribution in [0.2, 0.25) is 0 Å². The molecule has 24 heavy (non-hydrogen) atoms. The molecule has 0 spiro atoms. The van der Waals surface area contributed by atoms with E-state index in [9.17, 15) is 4.79 Å². The standard InChI is InChI=1S/C19H28N2O3/c1-15-11-20(12-16(2)24-15)13-17-7-6-10-21(17)19(22)14-23-18-8-4-3-5-9-18/h3-5,8-9,15-17H,6-7,10-14H2,1-2H3/t15-,16+,17-/m0/s1. The monoisotopic (exact) mass is 332 g/mol. The summed E-state index contributed by atoms with van der Waals surface area (Å²) in [4.78, 5) is 17.0. The Morgan fingerprint density at radius 1 is 1.21 bits per heavy atom. The van der Waals surface area contributed by atoms with E-state index in [0.717, 1.165) is 44.8 Å². The zero-order chi connectivity index (χ0) is 16.9. The fourth-order valence-electron chi connectivity index (χ4n) is 3.83. The highest BCUT2D eigenvalue weighted by atomic mass is 16.5. The first-order chi connectivity index (χ1) is 11.6. The first-order valence-corrected chi connectivity index (χ1v) is 8.97. The van der Waals surface area contributed by atoms with Crippen LogP contribution in [-0.2, 0) is 9.53 Å². The Bertz CT molecular complexity index is 527. The fraction of sp³-hybridized carbons (Fsp3) is 0.632. The third-order valence-electron chi connectivity index (χ3n) is 4.77. The van der Waals surface area contributed by atoms with Gasteiger partial charge in [-0.3, -0.25) is 9.69 Å². The molecule has 2 fully saturated rings. The second kappa shape index (κ2) is 7.99. The second-order valence-corrected chi connectivity index (χ2v) is 6.96. The van der Waals surface area contributed by atoms with Crippen LogP contribution in [0.5, 0.6) is 5.75 Å². The molecule has 132 valence electrons. The molecule has 0 aromatic heterocycles. The van der Waals surface area contributed by atoms with Crippen LogP contribution in [0.4, 0.5) is 0 Å². The van der Waals surface area contributed by atoms with Crippen LogP contribution < -0.4 is 4.74 Å². The largest absolute Gasteiger partial charge is 0.484 e. The summed E-state index contributed by atoms with van der Waals surface area (Å²) in [5.41, 5.74) is 0. The summed E-state index contributed by atoms with van der Waals surface area (Å²) < 4.78 is 11.4. The summed E-state index contributed by atoms with van der Waals surface area (Å²) in [5, 5.41) is 0. The third-order valence-corrected chi connectivity index (χ3v) is 4.77. The highest BCUT2D eigenvalue weighted by Crippen LogP contribution is 2.21. The Kier molecular flexibility index (Phi) is 5.74. The Balaban J connectivity index is 1.52. The molecule has 0 bridgehead atoms. The predicted octanol–water partition coefficient (Wildman–Crippen LogP) is 2.17. The summed E-state index contributed by atoms with van der Waals surface area (Å²) in [6.07, 6.45) is 2.69. The van der Waals surface area contributed by atoms with Crippen LogP contribution in [0, 0.1) is 0 Å². The minimum atomic E-state index is 0.0932. The van der Waals surface area contributed by atoms with Crippen molar-refractivity contribution in [2.75, 3.05) is 32.8 Å². The number of nitrogens with zero attached hydrogens (tertiary/aromatic N) is 2. The molecule has 1 aromatic carbocycles. The third kappa shape index (κ3) is 4.48. The number of rotatable bonds is 5. The van der Waals surface area contributed by atoms with Crippen LogP contribution in [0.3, 0.4) is 0 Å². The second-order valence-electron chi connectivity index (χ2n) is 6.96. The van der Waals surface area contributed by atoms with E-state index in [1.165, 1.54) is 0 Å². The van der Waals surface area contributed by atoms with Crippen LogP contribution in [-0.4, -0.2) is 66.7 Å².